The molecule has 2 rings (SSSR count). The van der Waals surface area contributed by atoms with Crippen LogP contribution in [0, 0.1) is 0 Å². The maximum Gasteiger partial charge on any atom is 0.305 e. The minimum absolute atomic E-state index is 0.00538. The van der Waals surface area contributed by atoms with E-state index in [1.165, 1.54) is 0 Å². The van der Waals surface area contributed by atoms with E-state index < -0.39 is 5.97 Å². The van der Waals surface area contributed by atoms with Crippen LogP contribution in [-0.2, 0) is 4.79 Å². The number of carbonyl (C=O) groups is 2. The number of likely N-dealkylation sites (N-methyl/N-ethyl adjacent to an activating group) is 1. The van der Waals surface area contributed by atoms with E-state index in [2.05, 4.69) is 4.90 Å². The zero-order valence-corrected chi connectivity index (χ0v) is 11.8. The predicted molar refractivity (Wildman–Crippen MR) is 75.6 cm³/mol. The number of aliphatic carboxylic acids is 1. The standard InChI is InChI=1S/C15H20N2O3/c1-11-9-16(2)10-13(8-14(18)19)17(11)15(20)12-6-4-3-5-7-12/h3-7,11,13H,8-10H2,1-2H3,(H,18,19)/t11-,13-/m1/s1. The van der Waals surface area contributed by atoms with E-state index in [1.54, 1.807) is 17.0 Å². The van der Waals surface area contributed by atoms with Crippen molar-refractivity contribution in [3.8, 4) is 0 Å². The summed E-state index contributed by atoms with van der Waals surface area (Å²) >= 11 is 0. The molecular weight excluding hydrogens is 256 g/mol. The molecule has 0 aliphatic carbocycles. The number of carboxylic acids is 1. The second kappa shape index (κ2) is 6.05. The molecule has 1 heterocycles. The van der Waals surface area contributed by atoms with Crippen molar-refractivity contribution in [2.45, 2.75) is 25.4 Å². The third-order valence-corrected chi connectivity index (χ3v) is 3.63. The molecular formula is C15H20N2O3. The molecule has 5 heteroatoms. The van der Waals surface area contributed by atoms with E-state index in [0.717, 1.165) is 6.54 Å². The molecule has 1 aromatic rings. The number of benzene rings is 1. The Hall–Kier alpha value is -1.88. The fourth-order valence-electron chi connectivity index (χ4n) is 2.88. The molecule has 0 radical (unpaired) electrons. The highest BCUT2D eigenvalue weighted by molar-refractivity contribution is 5.95. The first-order chi connectivity index (χ1) is 9.49. The zero-order chi connectivity index (χ0) is 14.7. The first-order valence-corrected chi connectivity index (χ1v) is 6.77. The topological polar surface area (TPSA) is 60.9 Å². The van der Waals surface area contributed by atoms with Gasteiger partial charge in [-0.2, -0.15) is 0 Å². The molecule has 1 N–H and O–H groups in total. The monoisotopic (exact) mass is 276 g/mol. The maximum absolute atomic E-state index is 12.6. The SMILES string of the molecule is C[C@@H]1CN(C)C[C@@H](CC(=O)O)N1C(=O)c1ccccc1. The fraction of sp³-hybridized carbons (Fsp3) is 0.467. The number of amides is 1. The van der Waals surface area contributed by atoms with Gasteiger partial charge in [-0.15, -0.1) is 0 Å². The number of hydrogen-bond donors (Lipinski definition) is 1. The highest BCUT2D eigenvalue weighted by Crippen LogP contribution is 2.20. The largest absolute Gasteiger partial charge is 0.481 e. The second-order valence-electron chi connectivity index (χ2n) is 5.40. The zero-order valence-electron chi connectivity index (χ0n) is 11.8. The molecule has 1 aromatic carbocycles. The van der Waals surface area contributed by atoms with E-state index in [1.807, 2.05) is 32.2 Å². The Morgan fingerprint density at radius 3 is 2.50 bits per heavy atom. The van der Waals surface area contributed by atoms with Crippen molar-refractivity contribution in [1.82, 2.24) is 9.80 Å². The smallest absolute Gasteiger partial charge is 0.305 e. The van der Waals surface area contributed by atoms with Gasteiger partial charge >= 0.3 is 5.97 Å². The normalized spacial score (nSPS) is 23.6. The molecule has 1 amide bonds. The van der Waals surface area contributed by atoms with Gasteiger partial charge in [-0.25, -0.2) is 0 Å². The summed E-state index contributed by atoms with van der Waals surface area (Å²) < 4.78 is 0. The maximum atomic E-state index is 12.6. The predicted octanol–water partition coefficient (Wildman–Crippen LogP) is 1.31. The molecule has 0 spiro atoms. The molecule has 0 saturated carbocycles. The summed E-state index contributed by atoms with van der Waals surface area (Å²) in [4.78, 5) is 27.5. The Morgan fingerprint density at radius 1 is 1.25 bits per heavy atom. The lowest BCUT2D eigenvalue weighted by molar-refractivity contribution is -0.138. The lowest BCUT2D eigenvalue weighted by Gasteiger charge is -2.44. The lowest BCUT2D eigenvalue weighted by atomic mass is 10.0. The average molecular weight is 276 g/mol. The van der Waals surface area contributed by atoms with Crippen LogP contribution in [0.15, 0.2) is 30.3 Å². The summed E-state index contributed by atoms with van der Waals surface area (Å²) in [7, 11) is 1.95. The lowest BCUT2D eigenvalue weighted by Crippen LogP contribution is -2.59. The van der Waals surface area contributed by atoms with Gasteiger partial charge in [-0.1, -0.05) is 18.2 Å². The Morgan fingerprint density at radius 2 is 1.90 bits per heavy atom. The number of rotatable bonds is 3. The molecule has 1 saturated heterocycles. The van der Waals surface area contributed by atoms with Gasteiger partial charge in [0.1, 0.15) is 0 Å². The highest BCUT2D eigenvalue weighted by atomic mass is 16.4. The van der Waals surface area contributed by atoms with Gasteiger partial charge in [-0.05, 0) is 26.1 Å². The first-order valence-electron chi connectivity index (χ1n) is 6.77. The van der Waals surface area contributed by atoms with Crippen LogP contribution in [0.5, 0.6) is 0 Å². The highest BCUT2D eigenvalue weighted by Gasteiger charge is 2.35. The molecule has 1 aliphatic heterocycles. The van der Waals surface area contributed by atoms with Crippen LogP contribution in [0.25, 0.3) is 0 Å². The summed E-state index contributed by atoms with van der Waals surface area (Å²) in [6.07, 6.45) is -0.0206. The van der Waals surface area contributed by atoms with Crippen LogP contribution in [0.4, 0.5) is 0 Å². The number of nitrogens with zero attached hydrogens (tertiary/aromatic N) is 2. The molecule has 5 nitrogen and oxygen atoms in total. The van der Waals surface area contributed by atoms with Crippen LogP contribution in [0.1, 0.15) is 23.7 Å². The van der Waals surface area contributed by atoms with Crippen molar-refractivity contribution in [2.75, 3.05) is 20.1 Å². The van der Waals surface area contributed by atoms with Gasteiger partial charge in [0.2, 0.25) is 0 Å². The Kier molecular flexibility index (Phi) is 4.39. The summed E-state index contributed by atoms with van der Waals surface area (Å²) in [6, 6.07) is 8.76. The van der Waals surface area contributed by atoms with Gasteiger partial charge in [0, 0.05) is 24.7 Å². The van der Waals surface area contributed by atoms with Crippen molar-refractivity contribution in [1.29, 1.82) is 0 Å². The fourth-order valence-corrected chi connectivity index (χ4v) is 2.88. The molecule has 20 heavy (non-hydrogen) atoms. The van der Waals surface area contributed by atoms with E-state index in [-0.39, 0.29) is 24.4 Å². The summed E-state index contributed by atoms with van der Waals surface area (Å²) in [5.41, 5.74) is 0.610. The number of hydrogen-bond acceptors (Lipinski definition) is 3. The van der Waals surface area contributed by atoms with Crippen LogP contribution in [0.2, 0.25) is 0 Å². The number of piperazine rings is 1. The minimum atomic E-state index is -0.872. The van der Waals surface area contributed by atoms with Crippen LogP contribution in [-0.4, -0.2) is 59.0 Å². The van der Waals surface area contributed by atoms with Crippen molar-refractivity contribution in [3.63, 3.8) is 0 Å². The average Bonchev–Trinajstić information content (AvgIpc) is 2.38. The van der Waals surface area contributed by atoms with E-state index >= 15 is 0 Å². The van der Waals surface area contributed by atoms with E-state index in [9.17, 15) is 9.59 Å². The van der Waals surface area contributed by atoms with Gasteiger partial charge < -0.3 is 14.9 Å². The molecule has 1 fully saturated rings. The molecule has 0 unspecified atom stereocenters. The van der Waals surface area contributed by atoms with Crippen molar-refractivity contribution < 1.29 is 14.7 Å². The quantitative estimate of drug-likeness (QED) is 0.904. The third kappa shape index (κ3) is 3.17. The van der Waals surface area contributed by atoms with E-state index in [0.29, 0.717) is 12.1 Å². The van der Waals surface area contributed by atoms with Gasteiger partial charge in [-0.3, -0.25) is 9.59 Å². The molecule has 108 valence electrons. The van der Waals surface area contributed by atoms with Crippen molar-refractivity contribution >= 4 is 11.9 Å². The molecule has 2 atom stereocenters. The summed E-state index contributed by atoms with van der Waals surface area (Å²) in [6.45, 7) is 3.31. The van der Waals surface area contributed by atoms with E-state index in [4.69, 9.17) is 5.11 Å². The molecule has 1 aliphatic rings. The molecule has 0 bridgehead atoms. The Bertz CT molecular complexity index is 489. The molecule has 0 aromatic heterocycles. The number of carbonyl (C=O) groups excluding carboxylic acids is 1. The van der Waals surface area contributed by atoms with Gasteiger partial charge in [0.25, 0.3) is 5.91 Å². The summed E-state index contributed by atoms with van der Waals surface area (Å²) in [5.74, 6) is -0.958. The number of carboxylic acid groups (broad SMARTS) is 1. The van der Waals surface area contributed by atoms with Gasteiger partial charge in [0.15, 0.2) is 0 Å². The minimum Gasteiger partial charge on any atom is -0.481 e. The van der Waals surface area contributed by atoms with Crippen LogP contribution in [0.3, 0.4) is 0 Å². The van der Waals surface area contributed by atoms with Crippen molar-refractivity contribution in [3.05, 3.63) is 35.9 Å². The van der Waals surface area contributed by atoms with Crippen molar-refractivity contribution in [2.24, 2.45) is 0 Å². The Labute approximate surface area is 118 Å². The first kappa shape index (κ1) is 14.5. The summed E-state index contributed by atoms with van der Waals surface area (Å²) in [5, 5.41) is 9.05. The van der Waals surface area contributed by atoms with Crippen LogP contribution >= 0.6 is 0 Å². The van der Waals surface area contributed by atoms with Gasteiger partial charge in [0.05, 0.1) is 12.5 Å². The van der Waals surface area contributed by atoms with Crippen LogP contribution < -0.4 is 0 Å². The second-order valence-corrected chi connectivity index (χ2v) is 5.40. The Balaban J connectivity index is 2.24. The third-order valence-electron chi connectivity index (χ3n) is 3.63.